The summed E-state index contributed by atoms with van der Waals surface area (Å²) in [6, 6.07) is 27.0. The molecule has 174 valence electrons. The van der Waals surface area contributed by atoms with Gasteiger partial charge in [-0.25, -0.2) is 8.42 Å². The highest BCUT2D eigenvalue weighted by Crippen LogP contribution is 2.22. The lowest BCUT2D eigenvalue weighted by atomic mass is 10.2. The summed E-state index contributed by atoms with van der Waals surface area (Å²) in [5.41, 5.74) is 1.85. The summed E-state index contributed by atoms with van der Waals surface area (Å²) in [7, 11) is -3.88. The Labute approximate surface area is 195 Å². The van der Waals surface area contributed by atoms with Gasteiger partial charge in [-0.3, -0.25) is 4.79 Å². The van der Waals surface area contributed by atoms with Crippen LogP contribution in [-0.4, -0.2) is 39.0 Å². The van der Waals surface area contributed by atoms with Crippen LogP contribution in [0.25, 0.3) is 0 Å². The first-order valence-electron chi connectivity index (χ1n) is 10.7. The molecule has 0 unspecified atom stereocenters. The molecule has 6 nitrogen and oxygen atoms in total. The van der Waals surface area contributed by atoms with E-state index in [9.17, 15) is 13.2 Å². The van der Waals surface area contributed by atoms with Crippen molar-refractivity contribution in [2.45, 2.75) is 36.4 Å². The Bertz CT molecular complexity index is 1090. The molecule has 0 amide bonds. The first kappa shape index (κ1) is 24.6. The Balaban J connectivity index is 1.79. The standard InChI is InChI=1S/C26H28O6S/c1-21(27)32-25(19-30-17-22-11-5-2-6-12-22)26(20-31-18-23-13-7-3-8-14-23)33(28,29)24-15-9-4-10-16-24/h2-16,25-26H,17-20H2,1H3/t25-,26+/m1/s1. The lowest BCUT2D eigenvalue weighted by Gasteiger charge is -2.26. The summed E-state index contributed by atoms with van der Waals surface area (Å²) in [5.74, 6) is -0.584. The number of hydrogen-bond donors (Lipinski definition) is 0. The van der Waals surface area contributed by atoms with E-state index in [2.05, 4.69) is 0 Å². The van der Waals surface area contributed by atoms with Gasteiger partial charge in [0.2, 0.25) is 0 Å². The molecule has 0 aromatic heterocycles. The van der Waals surface area contributed by atoms with Crippen LogP contribution in [0.15, 0.2) is 95.9 Å². The molecular formula is C26H28O6S. The van der Waals surface area contributed by atoms with E-state index >= 15 is 0 Å². The van der Waals surface area contributed by atoms with Crippen molar-refractivity contribution in [3.05, 3.63) is 102 Å². The van der Waals surface area contributed by atoms with Crippen LogP contribution in [0.5, 0.6) is 0 Å². The Morgan fingerprint density at radius 1 is 0.727 bits per heavy atom. The zero-order chi connectivity index (χ0) is 23.5. The molecule has 0 bridgehead atoms. The largest absolute Gasteiger partial charge is 0.459 e. The zero-order valence-corrected chi connectivity index (χ0v) is 19.3. The van der Waals surface area contributed by atoms with Gasteiger partial charge in [0.1, 0.15) is 11.4 Å². The lowest BCUT2D eigenvalue weighted by molar-refractivity contribution is -0.150. The van der Waals surface area contributed by atoms with E-state index < -0.39 is 27.2 Å². The first-order valence-corrected chi connectivity index (χ1v) is 12.2. The molecule has 3 rings (SSSR count). The van der Waals surface area contributed by atoms with Gasteiger partial charge in [0.25, 0.3) is 0 Å². The van der Waals surface area contributed by atoms with Gasteiger partial charge in [0.05, 0.1) is 31.3 Å². The quantitative estimate of drug-likeness (QED) is 0.371. The Morgan fingerprint density at radius 3 is 1.67 bits per heavy atom. The van der Waals surface area contributed by atoms with Crippen molar-refractivity contribution in [3.63, 3.8) is 0 Å². The molecule has 0 radical (unpaired) electrons. The number of benzene rings is 3. The average molecular weight is 469 g/mol. The Morgan fingerprint density at radius 2 is 1.18 bits per heavy atom. The number of carbonyl (C=O) groups is 1. The van der Waals surface area contributed by atoms with Gasteiger partial charge in [0.15, 0.2) is 9.84 Å². The number of sulfone groups is 1. The summed E-state index contributed by atoms with van der Waals surface area (Å²) < 4.78 is 44.0. The predicted octanol–water partition coefficient (Wildman–Crippen LogP) is 4.19. The van der Waals surface area contributed by atoms with E-state index in [0.717, 1.165) is 11.1 Å². The average Bonchev–Trinajstić information content (AvgIpc) is 2.83. The van der Waals surface area contributed by atoms with Gasteiger partial charge < -0.3 is 14.2 Å². The fourth-order valence-electron chi connectivity index (χ4n) is 3.35. The van der Waals surface area contributed by atoms with Crippen LogP contribution in [-0.2, 0) is 42.1 Å². The second-order valence-electron chi connectivity index (χ2n) is 7.55. The van der Waals surface area contributed by atoms with Gasteiger partial charge >= 0.3 is 5.97 Å². The topological polar surface area (TPSA) is 78.9 Å². The van der Waals surface area contributed by atoms with Crippen molar-refractivity contribution in [2.75, 3.05) is 13.2 Å². The molecule has 33 heavy (non-hydrogen) atoms. The van der Waals surface area contributed by atoms with Crippen molar-refractivity contribution in [3.8, 4) is 0 Å². The summed E-state index contributed by atoms with van der Waals surface area (Å²) in [5, 5.41) is -1.14. The van der Waals surface area contributed by atoms with E-state index in [1.807, 2.05) is 60.7 Å². The van der Waals surface area contributed by atoms with Gasteiger partial charge in [0, 0.05) is 6.92 Å². The maximum Gasteiger partial charge on any atom is 0.303 e. The molecular weight excluding hydrogens is 440 g/mol. The van der Waals surface area contributed by atoms with Crippen LogP contribution in [0.2, 0.25) is 0 Å². The van der Waals surface area contributed by atoms with Crippen molar-refractivity contribution in [1.82, 2.24) is 0 Å². The molecule has 0 aliphatic heterocycles. The van der Waals surface area contributed by atoms with E-state index in [-0.39, 0.29) is 31.3 Å². The highest BCUT2D eigenvalue weighted by molar-refractivity contribution is 7.92. The van der Waals surface area contributed by atoms with E-state index in [1.165, 1.54) is 19.1 Å². The first-order chi connectivity index (χ1) is 16.0. The molecule has 0 aliphatic rings. The van der Waals surface area contributed by atoms with Crippen molar-refractivity contribution in [1.29, 1.82) is 0 Å². The van der Waals surface area contributed by atoms with Gasteiger partial charge in [-0.05, 0) is 23.3 Å². The predicted molar refractivity (Wildman–Crippen MR) is 125 cm³/mol. The minimum Gasteiger partial charge on any atom is -0.459 e. The van der Waals surface area contributed by atoms with Crippen molar-refractivity contribution < 1.29 is 27.4 Å². The molecule has 2 atom stereocenters. The van der Waals surface area contributed by atoms with Crippen LogP contribution in [0.1, 0.15) is 18.1 Å². The minimum absolute atomic E-state index is 0.0834. The lowest BCUT2D eigenvalue weighted by Crippen LogP contribution is -2.43. The third kappa shape index (κ3) is 7.53. The molecule has 0 fully saturated rings. The third-order valence-corrected chi connectivity index (χ3v) is 7.16. The normalized spacial score (nSPS) is 13.2. The second kappa shape index (κ2) is 12.3. The highest BCUT2D eigenvalue weighted by atomic mass is 32.2. The second-order valence-corrected chi connectivity index (χ2v) is 9.71. The van der Waals surface area contributed by atoms with E-state index in [4.69, 9.17) is 14.2 Å². The molecule has 0 saturated heterocycles. The Hall–Kier alpha value is -3.00. The SMILES string of the molecule is CC(=O)O[C@H](COCc1ccccc1)[C@H](COCc1ccccc1)S(=O)(=O)c1ccccc1. The molecule has 3 aromatic rings. The number of esters is 1. The van der Waals surface area contributed by atoms with Crippen LogP contribution in [0.4, 0.5) is 0 Å². The van der Waals surface area contributed by atoms with Crippen molar-refractivity contribution >= 4 is 15.8 Å². The fraction of sp³-hybridized carbons (Fsp3) is 0.269. The Kier molecular flexibility index (Phi) is 9.18. The molecule has 0 saturated carbocycles. The number of carbonyl (C=O) groups excluding carboxylic acids is 1. The van der Waals surface area contributed by atoms with Gasteiger partial charge in [-0.1, -0.05) is 78.9 Å². The highest BCUT2D eigenvalue weighted by Gasteiger charge is 2.37. The molecule has 3 aromatic carbocycles. The number of hydrogen-bond acceptors (Lipinski definition) is 6. The maximum atomic E-state index is 13.5. The fourth-order valence-corrected chi connectivity index (χ4v) is 5.04. The number of rotatable bonds is 12. The summed E-state index contributed by atoms with van der Waals surface area (Å²) in [6.07, 6.45) is -1.04. The molecule has 7 heteroatoms. The minimum atomic E-state index is -3.88. The van der Waals surface area contributed by atoms with Crippen LogP contribution < -0.4 is 0 Å². The van der Waals surface area contributed by atoms with Gasteiger partial charge in [-0.15, -0.1) is 0 Å². The smallest absolute Gasteiger partial charge is 0.303 e. The molecule has 0 spiro atoms. The molecule has 0 heterocycles. The summed E-state index contributed by atoms with van der Waals surface area (Å²) in [4.78, 5) is 12.0. The maximum absolute atomic E-state index is 13.5. The molecule has 0 N–H and O–H groups in total. The molecule has 0 aliphatic carbocycles. The summed E-state index contributed by atoms with van der Waals surface area (Å²) >= 11 is 0. The van der Waals surface area contributed by atoms with Crippen LogP contribution >= 0.6 is 0 Å². The van der Waals surface area contributed by atoms with E-state index in [0.29, 0.717) is 0 Å². The van der Waals surface area contributed by atoms with Gasteiger partial charge in [-0.2, -0.15) is 0 Å². The zero-order valence-electron chi connectivity index (χ0n) is 18.5. The van der Waals surface area contributed by atoms with Crippen molar-refractivity contribution in [2.24, 2.45) is 0 Å². The number of ether oxygens (including phenoxy) is 3. The van der Waals surface area contributed by atoms with E-state index in [1.54, 1.807) is 18.2 Å². The third-order valence-electron chi connectivity index (χ3n) is 4.99. The monoisotopic (exact) mass is 468 g/mol. The van der Waals surface area contributed by atoms with Crippen LogP contribution in [0, 0.1) is 0 Å². The summed E-state index contributed by atoms with van der Waals surface area (Å²) in [6.45, 7) is 1.51. The van der Waals surface area contributed by atoms with Crippen LogP contribution in [0.3, 0.4) is 0 Å².